The lowest BCUT2D eigenvalue weighted by Gasteiger charge is -2.25. The summed E-state index contributed by atoms with van der Waals surface area (Å²) in [7, 11) is 0. The summed E-state index contributed by atoms with van der Waals surface area (Å²) in [6.45, 7) is 2.40. The zero-order chi connectivity index (χ0) is 23.5. The van der Waals surface area contributed by atoms with Crippen molar-refractivity contribution in [2.45, 2.75) is 38.3 Å². The van der Waals surface area contributed by atoms with Crippen LogP contribution in [-0.4, -0.2) is 34.3 Å². The zero-order valence-corrected chi connectivity index (χ0v) is 19.3. The lowest BCUT2D eigenvalue weighted by Crippen LogP contribution is -2.37. The van der Waals surface area contributed by atoms with Gasteiger partial charge in [0.2, 0.25) is 5.91 Å². The van der Waals surface area contributed by atoms with Gasteiger partial charge < -0.3 is 15.2 Å². The highest BCUT2D eigenvalue weighted by molar-refractivity contribution is 6.01. The second kappa shape index (κ2) is 9.56. The van der Waals surface area contributed by atoms with Gasteiger partial charge in [0, 0.05) is 47.2 Å². The number of para-hydroxylation sites is 1. The van der Waals surface area contributed by atoms with Gasteiger partial charge in [-0.3, -0.25) is 9.59 Å². The smallest absolute Gasteiger partial charge is 0.255 e. The van der Waals surface area contributed by atoms with E-state index in [2.05, 4.69) is 28.5 Å². The Bertz CT molecular complexity index is 1310. The Balaban J connectivity index is 1.28. The van der Waals surface area contributed by atoms with E-state index < -0.39 is 0 Å². The molecule has 2 atom stereocenters. The Labute approximate surface area is 199 Å². The van der Waals surface area contributed by atoms with Crippen molar-refractivity contribution < 1.29 is 9.59 Å². The summed E-state index contributed by atoms with van der Waals surface area (Å²) in [5.74, 6) is -0.0437. The molecule has 0 bridgehead atoms. The lowest BCUT2D eigenvalue weighted by molar-refractivity contribution is -0.121. The quantitative estimate of drug-likeness (QED) is 0.385. The van der Waals surface area contributed by atoms with Crippen molar-refractivity contribution in [3.05, 3.63) is 107 Å². The summed E-state index contributed by atoms with van der Waals surface area (Å²) in [6.07, 6.45) is 4.06. The van der Waals surface area contributed by atoms with E-state index in [1.165, 1.54) is 5.56 Å². The van der Waals surface area contributed by atoms with Crippen molar-refractivity contribution >= 4 is 22.7 Å². The molecule has 5 rings (SSSR count). The SMILES string of the molecule is CC(CCc1ccccc1)NC(=O)CCN1C(=O)c2ccccc2C1c1c[nH]c2ccccc12. The molecule has 0 saturated carbocycles. The van der Waals surface area contributed by atoms with Crippen LogP contribution in [0.4, 0.5) is 0 Å². The summed E-state index contributed by atoms with van der Waals surface area (Å²) in [5, 5.41) is 4.20. The van der Waals surface area contributed by atoms with Gasteiger partial charge in [-0.05, 0) is 43.0 Å². The van der Waals surface area contributed by atoms with E-state index in [1.807, 2.05) is 78.7 Å². The normalized spacial score (nSPS) is 16.0. The van der Waals surface area contributed by atoms with Crippen LogP contribution in [0.2, 0.25) is 0 Å². The third-order valence-corrected chi connectivity index (χ3v) is 6.67. The van der Waals surface area contributed by atoms with E-state index in [9.17, 15) is 9.59 Å². The van der Waals surface area contributed by atoms with Crippen molar-refractivity contribution in [1.82, 2.24) is 15.2 Å². The number of carbonyl (C=O) groups is 2. The number of aryl methyl sites for hydroxylation is 1. The van der Waals surface area contributed by atoms with Gasteiger partial charge in [-0.1, -0.05) is 66.7 Å². The zero-order valence-electron chi connectivity index (χ0n) is 19.3. The number of aromatic amines is 1. The average Bonchev–Trinajstić information content (AvgIpc) is 3.41. The first-order valence-corrected chi connectivity index (χ1v) is 11.9. The largest absolute Gasteiger partial charge is 0.361 e. The van der Waals surface area contributed by atoms with Crippen LogP contribution >= 0.6 is 0 Å². The Hall–Kier alpha value is -3.86. The third kappa shape index (κ3) is 4.34. The third-order valence-electron chi connectivity index (χ3n) is 6.67. The molecule has 34 heavy (non-hydrogen) atoms. The standard InChI is InChI=1S/C29H29N3O2/c1-20(15-16-21-9-3-2-4-10-21)31-27(33)17-18-32-28(23-12-5-6-13-24(23)29(32)34)25-19-30-26-14-8-7-11-22(25)26/h2-14,19-20,28,30H,15-18H2,1H3,(H,31,33). The van der Waals surface area contributed by atoms with Gasteiger partial charge in [-0.25, -0.2) is 0 Å². The highest BCUT2D eigenvalue weighted by atomic mass is 16.2. The van der Waals surface area contributed by atoms with Gasteiger partial charge in [0.15, 0.2) is 0 Å². The van der Waals surface area contributed by atoms with Gasteiger partial charge in [0.1, 0.15) is 0 Å². The monoisotopic (exact) mass is 451 g/mol. The van der Waals surface area contributed by atoms with Crippen molar-refractivity contribution in [1.29, 1.82) is 0 Å². The number of H-pyrrole nitrogens is 1. The topological polar surface area (TPSA) is 65.2 Å². The molecule has 2 amide bonds. The highest BCUT2D eigenvalue weighted by Crippen LogP contribution is 2.41. The number of fused-ring (bicyclic) bond motifs is 2. The molecule has 172 valence electrons. The van der Waals surface area contributed by atoms with Crippen molar-refractivity contribution in [2.24, 2.45) is 0 Å². The Morgan fingerprint density at radius 2 is 1.71 bits per heavy atom. The molecule has 1 aliphatic heterocycles. The molecule has 2 N–H and O–H groups in total. The van der Waals surface area contributed by atoms with Crippen LogP contribution in [-0.2, 0) is 11.2 Å². The minimum absolute atomic E-state index is 0.0178. The van der Waals surface area contributed by atoms with E-state index in [4.69, 9.17) is 0 Å². The molecule has 0 aliphatic carbocycles. The van der Waals surface area contributed by atoms with E-state index in [0.717, 1.165) is 40.4 Å². The van der Waals surface area contributed by atoms with Gasteiger partial charge in [-0.2, -0.15) is 0 Å². The lowest BCUT2D eigenvalue weighted by atomic mass is 9.97. The number of amides is 2. The van der Waals surface area contributed by atoms with E-state index in [1.54, 1.807) is 0 Å². The summed E-state index contributed by atoms with van der Waals surface area (Å²) >= 11 is 0. The molecule has 4 aromatic rings. The Morgan fingerprint density at radius 3 is 2.56 bits per heavy atom. The minimum Gasteiger partial charge on any atom is -0.361 e. The number of nitrogens with one attached hydrogen (secondary N) is 2. The molecule has 0 spiro atoms. The van der Waals surface area contributed by atoms with E-state index in [-0.39, 0.29) is 30.3 Å². The van der Waals surface area contributed by atoms with Crippen molar-refractivity contribution in [3.63, 3.8) is 0 Å². The number of rotatable bonds is 8. The molecule has 1 aliphatic rings. The summed E-state index contributed by atoms with van der Waals surface area (Å²) < 4.78 is 0. The Kier molecular flexibility index (Phi) is 6.17. The molecule has 3 aromatic carbocycles. The van der Waals surface area contributed by atoms with Crippen LogP contribution < -0.4 is 5.32 Å². The number of carbonyl (C=O) groups excluding carboxylic acids is 2. The maximum atomic E-state index is 13.3. The molecular weight excluding hydrogens is 422 g/mol. The molecular formula is C29H29N3O2. The van der Waals surface area contributed by atoms with Crippen LogP contribution in [0.25, 0.3) is 10.9 Å². The van der Waals surface area contributed by atoms with Gasteiger partial charge >= 0.3 is 0 Å². The highest BCUT2D eigenvalue weighted by Gasteiger charge is 2.38. The minimum atomic E-state index is -0.205. The summed E-state index contributed by atoms with van der Waals surface area (Å²) in [4.78, 5) is 31.2. The van der Waals surface area contributed by atoms with E-state index in [0.29, 0.717) is 6.54 Å². The molecule has 0 radical (unpaired) electrons. The molecule has 2 heterocycles. The van der Waals surface area contributed by atoms with Crippen LogP contribution in [0.5, 0.6) is 0 Å². The first-order chi connectivity index (χ1) is 16.6. The molecule has 0 fully saturated rings. The van der Waals surface area contributed by atoms with E-state index >= 15 is 0 Å². The number of nitrogens with zero attached hydrogens (tertiary/aromatic N) is 1. The second-order valence-electron chi connectivity index (χ2n) is 9.02. The summed E-state index contributed by atoms with van der Waals surface area (Å²) in [6, 6.07) is 26.1. The van der Waals surface area contributed by atoms with Crippen molar-refractivity contribution in [3.8, 4) is 0 Å². The number of hydrogen-bond acceptors (Lipinski definition) is 2. The van der Waals surface area contributed by atoms with Gasteiger partial charge in [0.25, 0.3) is 5.91 Å². The van der Waals surface area contributed by atoms with Crippen LogP contribution in [0.1, 0.15) is 52.9 Å². The predicted octanol–water partition coefficient (Wildman–Crippen LogP) is 5.24. The maximum Gasteiger partial charge on any atom is 0.255 e. The molecule has 1 aromatic heterocycles. The number of benzene rings is 3. The van der Waals surface area contributed by atoms with Gasteiger partial charge in [-0.15, -0.1) is 0 Å². The predicted molar refractivity (Wildman–Crippen MR) is 135 cm³/mol. The fraction of sp³-hybridized carbons (Fsp3) is 0.241. The average molecular weight is 452 g/mol. The van der Waals surface area contributed by atoms with Gasteiger partial charge in [0.05, 0.1) is 6.04 Å². The Morgan fingerprint density at radius 1 is 0.971 bits per heavy atom. The maximum absolute atomic E-state index is 13.3. The second-order valence-corrected chi connectivity index (χ2v) is 9.02. The number of aromatic nitrogens is 1. The molecule has 0 saturated heterocycles. The fourth-order valence-corrected chi connectivity index (χ4v) is 4.93. The molecule has 5 nitrogen and oxygen atoms in total. The first-order valence-electron chi connectivity index (χ1n) is 11.9. The fourth-order valence-electron chi connectivity index (χ4n) is 4.93. The van der Waals surface area contributed by atoms with Crippen LogP contribution in [0.15, 0.2) is 85.1 Å². The van der Waals surface area contributed by atoms with Crippen LogP contribution in [0, 0.1) is 0 Å². The van der Waals surface area contributed by atoms with Crippen LogP contribution in [0.3, 0.4) is 0 Å². The van der Waals surface area contributed by atoms with Crippen molar-refractivity contribution in [2.75, 3.05) is 6.54 Å². The summed E-state index contributed by atoms with van der Waals surface area (Å²) in [5.41, 5.74) is 5.08. The molecule has 5 heteroatoms. The first kappa shape index (κ1) is 22.0. The molecule has 2 unspecified atom stereocenters. The number of hydrogen-bond donors (Lipinski definition) is 2.